The molecule has 2 aromatic heterocycles. The molecule has 0 bridgehead atoms. The number of nitrogens with one attached hydrogen (secondary N) is 1. The summed E-state index contributed by atoms with van der Waals surface area (Å²) in [5.41, 5.74) is 9.76. The summed E-state index contributed by atoms with van der Waals surface area (Å²) in [6.45, 7) is 0. The number of aromatic nitrogens is 2. The Morgan fingerprint density at radius 3 is 1.73 bits per heavy atom. The number of hydrogen-bond acceptors (Lipinski definition) is 10. The number of nitrogens with two attached hydrogens (primary N) is 1. The molecule has 6 aromatic rings. The SMILES string of the molecule is COC(=O)c1cccc(-c2nc3cc(Br)ccc3o2)c1.COC(=O)c1cccc(-c2nc3cc(NC=O)ccc3o2)c1.NC=O. The first-order valence-corrected chi connectivity index (χ1v) is 13.8. The number of oxazole rings is 2. The molecule has 0 saturated carbocycles. The Hall–Kier alpha value is -5.82. The summed E-state index contributed by atoms with van der Waals surface area (Å²) < 4.78 is 21.7. The molecule has 0 aliphatic rings. The molecule has 0 saturated heterocycles. The van der Waals surface area contributed by atoms with Gasteiger partial charge >= 0.3 is 11.9 Å². The normalized spacial score (nSPS) is 10.1. The number of esters is 2. The molecular formula is C32H25BrN4O8. The topological polar surface area (TPSA) is 177 Å². The van der Waals surface area contributed by atoms with Crippen LogP contribution in [-0.4, -0.2) is 48.9 Å². The molecule has 0 unspecified atom stereocenters. The number of halogens is 1. The van der Waals surface area contributed by atoms with Crippen LogP contribution in [0.3, 0.4) is 0 Å². The fraction of sp³-hybridized carbons (Fsp3) is 0.0625. The Morgan fingerprint density at radius 1 is 0.756 bits per heavy atom. The van der Waals surface area contributed by atoms with Crippen LogP contribution in [0.15, 0.2) is 98.2 Å². The monoisotopic (exact) mass is 672 g/mol. The zero-order valence-corrected chi connectivity index (χ0v) is 25.4. The van der Waals surface area contributed by atoms with Gasteiger partial charge in [0.25, 0.3) is 0 Å². The second-order valence-electron chi connectivity index (χ2n) is 8.88. The van der Waals surface area contributed by atoms with Crippen LogP contribution in [0, 0.1) is 0 Å². The fourth-order valence-corrected chi connectivity index (χ4v) is 4.38. The van der Waals surface area contributed by atoms with Crippen LogP contribution in [0.2, 0.25) is 0 Å². The van der Waals surface area contributed by atoms with Crippen LogP contribution in [0.25, 0.3) is 45.1 Å². The van der Waals surface area contributed by atoms with E-state index < -0.39 is 5.97 Å². The summed E-state index contributed by atoms with van der Waals surface area (Å²) in [5, 5.41) is 2.56. The molecule has 0 aliphatic carbocycles. The second kappa shape index (κ2) is 15.1. The Kier molecular flexibility index (Phi) is 10.8. The fourth-order valence-electron chi connectivity index (χ4n) is 4.03. The number of rotatable bonds is 6. The van der Waals surface area contributed by atoms with E-state index in [0.717, 1.165) is 15.6 Å². The quantitative estimate of drug-likeness (QED) is 0.158. The maximum absolute atomic E-state index is 11.6. The van der Waals surface area contributed by atoms with E-state index >= 15 is 0 Å². The Bertz CT molecular complexity index is 1990. The zero-order valence-electron chi connectivity index (χ0n) is 23.9. The highest BCUT2D eigenvalue weighted by molar-refractivity contribution is 9.10. The lowest BCUT2D eigenvalue weighted by Crippen LogP contribution is -2.00. The van der Waals surface area contributed by atoms with E-state index in [-0.39, 0.29) is 12.4 Å². The molecule has 13 heteroatoms. The lowest BCUT2D eigenvalue weighted by molar-refractivity contribution is -0.107. The molecule has 0 atom stereocenters. The van der Waals surface area contributed by atoms with Crippen LogP contribution in [0.5, 0.6) is 0 Å². The number of carbonyl (C=O) groups excluding carboxylic acids is 4. The smallest absolute Gasteiger partial charge is 0.337 e. The van der Waals surface area contributed by atoms with Crippen molar-refractivity contribution in [2.75, 3.05) is 19.5 Å². The summed E-state index contributed by atoms with van der Waals surface area (Å²) in [6, 6.07) is 24.6. The number of ether oxygens (including phenoxy) is 2. The van der Waals surface area contributed by atoms with Gasteiger partial charge in [-0.25, -0.2) is 19.6 Å². The van der Waals surface area contributed by atoms with E-state index in [1.54, 1.807) is 60.7 Å². The van der Waals surface area contributed by atoms with Crippen LogP contribution < -0.4 is 11.1 Å². The number of fused-ring (bicyclic) bond motifs is 2. The molecule has 45 heavy (non-hydrogen) atoms. The van der Waals surface area contributed by atoms with Gasteiger partial charge in [-0.3, -0.25) is 9.59 Å². The molecule has 6 rings (SSSR count). The maximum Gasteiger partial charge on any atom is 0.337 e. The lowest BCUT2D eigenvalue weighted by Gasteiger charge is -2.00. The molecule has 0 aliphatic heterocycles. The van der Waals surface area contributed by atoms with E-state index in [9.17, 15) is 14.4 Å². The highest BCUT2D eigenvalue weighted by atomic mass is 79.9. The van der Waals surface area contributed by atoms with Crippen molar-refractivity contribution in [2.24, 2.45) is 5.73 Å². The summed E-state index contributed by atoms with van der Waals surface area (Å²) in [4.78, 5) is 51.0. The van der Waals surface area contributed by atoms with Crippen LogP contribution >= 0.6 is 15.9 Å². The van der Waals surface area contributed by atoms with E-state index in [0.29, 0.717) is 57.3 Å². The number of carbonyl (C=O) groups is 4. The number of amides is 2. The summed E-state index contributed by atoms with van der Waals surface area (Å²) in [7, 11) is 2.68. The van der Waals surface area contributed by atoms with Crippen molar-refractivity contribution in [3.63, 3.8) is 0 Å². The van der Waals surface area contributed by atoms with Crippen molar-refractivity contribution in [1.29, 1.82) is 0 Å². The van der Waals surface area contributed by atoms with E-state index in [2.05, 4.69) is 36.9 Å². The molecule has 0 fully saturated rings. The van der Waals surface area contributed by atoms with Gasteiger partial charge in [0.15, 0.2) is 11.2 Å². The maximum atomic E-state index is 11.6. The van der Waals surface area contributed by atoms with Gasteiger partial charge in [-0.05, 0) is 72.8 Å². The molecule has 228 valence electrons. The minimum atomic E-state index is -0.421. The number of anilines is 1. The highest BCUT2D eigenvalue weighted by Gasteiger charge is 2.13. The van der Waals surface area contributed by atoms with Crippen molar-refractivity contribution < 1.29 is 37.5 Å². The highest BCUT2D eigenvalue weighted by Crippen LogP contribution is 2.28. The zero-order chi connectivity index (χ0) is 32.3. The minimum Gasteiger partial charge on any atom is -0.465 e. The van der Waals surface area contributed by atoms with Crippen molar-refractivity contribution in [1.82, 2.24) is 9.97 Å². The number of primary amides is 1. The number of hydrogen-bond donors (Lipinski definition) is 2. The van der Waals surface area contributed by atoms with Crippen LogP contribution in [0.4, 0.5) is 5.69 Å². The minimum absolute atomic E-state index is 0.250. The molecule has 4 aromatic carbocycles. The molecule has 2 amide bonds. The number of nitrogens with zero attached hydrogens (tertiary/aromatic N) is 2. The third kappa shape index (κ3) is 7.97. The molecule has 0 spiro atoms. The standard InChI is InChI=1S/C16H12N2O4.C15H10BrNO3.CH3NO/c1-21-16(20)11-4-2-3-10(7-11)15-18-13-8-12(17-9-19)5-6-14(13)22-15;1-19-15(18)10-4-2-3-9(7-10)14-17-12-8-11(16)5-6-13(12)20-14;2-1-3/h2-9H,1H3,(H,17,19);2-8H,1H3;1H,(H2,2,3). The molecule has 0 radical (unpaired) electrons. The molecule has 3 N–H and O–H groups in total. The van der Waals surface area contributed by atoms with Gasteiger partial charge in [0.1, 0.15) is 11.0 Å². The average Bonchev–Trinajstić information content (AvgIpc) is 3.69. The van der Waals surface area contributed by atoms with E-state index in [1.807, 2.05) is 24.3 Å². The first kappa shape index (κ1) is 32.1. The average molecular weight is 673 g/mol. The second-order valence-corrected chi connectivity index (χ2v) is 9.79. The Morgan fingerprint density at radius 2 is 1.24 bits per heavy atom. The van der Waals surface area contributed by atoms with Gasteiger partial charge in [-0.1, -0.05) is 28.1 Å². The molecule has 2 heterocycles. The third-order valence-electron chi connectivity index (χ3n) is 6.02. The number of benzene rings is 4. The summed E-state index contributed by atoms with van der Waals surface area (Å²) in [6.07, 6.45) is 0.849. The van der Waals surface area contributed by atoms with Gasteiger partial charge < -0.3 is 29.4 Å². The van der Waals surface area contributed by atoms with Crippen molar-refractivity contribution in [2.45, 2.75) is 0 Å². The van der Waals surface area contributed by atoms with Crippen LogP contribution in [-0.2, 0) is 19.1 Å². The van der Waals surface area contributed by atoms with Gasteiger partial charge in [-0.2, -0.15) is 0 Å². The van der Waals surface area contributed by atoms with Crippen LogP contribution in [0.1, 0.15) is 20.7 Å². The molecule has 12 nitrogen and oxygen atoms in total. The Labute approximate surface area is 264 Å². The Balaban J connectivity index is 0.000000189. The largest absolute Gasteiger partial charge is 0.465 e. The lowest BCUT2D eigenvalue weighted by atomic mass is 10.1. The van der Waals surface area contributed by atoms with E-state index in [4.69, 9.17) is 23.1 Å². The van der Waals surface area contributed by atoms with Crippen molar-refractivity contribution >= 4 is 68.6 Å². The number of methoxy groups -OCH3 is 2. The van der Waals surface area contributed by atoms with Gasteiger partial charge in [0, 0.05) is 21.3 Å². The van der Waals surface area contributed by atoms with Crippen molar-refractivity contribution in [3.8, 4) is 22.9 Å². The summed E-state index contributed by atoms with van der Waals surface area (Å²) in [5.74, 6) is 0.0639. The molecular weight excluding hydrogens is 648 g/mol. The third-order valence-corrected chi connectivity index (χ3v) is 6.52. The van der Waals surface area contributed by atoms with Gasteiger partial charge in [-0.15, -0.1) is 0 Å². The van der Waals surface area contributed by atoms with Crippen molar-refractivity contribution in [3.05, 3.63) is 101 Å². The summed E-state index contributed by atoms with van der Waals surface area (Å²) >= 11 is 3.40. The van der Waals surface area contributed by atoms with E-state index in [1.165, 1.54) is 14.2 Å². The van der Waals surface area contributed by atoms with Gasteiger partial charge in [0.2, 0.25) is 24.6 Å². The predicted octanol–water partition coefficient (Wildman–Crippen LogP) is 6.00. The predicted molar refractivity (Wildman–Crippen MR) is 169 cm³/mol. The first-order valence-electron chi connectivity index (χ1n) is 13.0. The first-order chi connectivity index (χ1) is 21.8. The van der Waals surface area contributed by atoms with Gasteiger partial charge in [0.05, 0.1) is 25.3 Å².